The molecule has 0 aliphatic rings. The molecule has 1 unspecified atom stereocenters. The zero-order valence-electron chi connectivity index (χ0n) is 10.6. The maximum absolute atomic E-state index is 12.3. The molecule has 2 aromatic carbocycles. The summed E-state index contributed by atoms with van der Waals surface area (Å²) < 4.78 is 0. The molecule has 0 heterocycles. The molecule has 2 nitrogen and oxygen atoms in total. The molecule has 0 fully saturated rings. The van der Waals surface area contributed by atoms with E-state index in [2.05, 4.69) is 0 Å². The first kappa shape index (κ1) is 12.5. The smallest absolute Gasteiger partial charge is 0.196 e. The zero-order valence-corrected chi connectivity index (χ0v) is 10.6. The van der Waals surface area contributed by atoms with Gasteiger partial charge in [-0.2, -0.15) is 0 Å². The van der Waals surface area contributed by atoms with Crippen molar-refractivity contribution < 1.29 is 9.90 Å². The van der Waals surface area contributed by atoms with Gasteiger partial charge in [-0.25, -0.2) is 0 Å². The van der Waals surface area contributed by atoms with Gasteiger partial charge in [-0.15, -0.1) is 0 Å². The number of aliphatic hydroxyl groups excluding tert-OH is 1. The van der Waals surface area contributed by atoms with Crippen molar-refractivity contribution in [3.63, 3.8) is 0 Å². The lowest BCUT2D eigenvalue weighted by molar-refractivity contribution is 0.0745. The summed E-state index contributed by atoms with van der Waals surface area (Å²) in [6, 6.07) is 14.7. The van der Waals surface area contributed by atoms with Gasteiger partial charge in [0, 0.05) is 5.56 Å². The van der Waals surface area contributed by atoms with Crippen molar-refractivity contribution in [1.82, 2.24) is 0 Å². The fourth-order valence-electron chi connectivity index (χ4n) is 2.03. The lowest BCUT2D eigenvalue weighted by Crippen LogP contribution is -2.14. The number of Topliss-reactive ketones (excluding diaryl/α,β-unsaturated/α-hetero) is 1. The number of aryl methyl sites for hydroxylation is 2. The zero-order chi connectivity index (χ0) is 13.1. The van der Waals surface area contributed by atoms with Gasteiger partial charge < -0.3 is 5.11 Å². The topological polar surface area (TPSA) is 37.3 Å². The highest BCUT2D eigenvalue weighted by Crippen LogP contribution is 2.22. The quantitative estimate of drug-likeness (QED) is 0.836. The summed E-state index contributed by atoms with van der Waals surface area (Å²) in [5.41, 5.74) is 3.06. The molecule has 2 rings (SSSR count). The molecular formula is C16H16O2. The molecule has 0 saturated carbocycles. The van der Waals surface area contributed by atoms with Crippen LogP contribution in [0.25, 0.3) is 0 Å². The summed E-state index contributed by atoms with van der Waals surface area (Å²) in [5.74, 6) is -0.248. The minimum atomic E-state index is -1.09. The van der Waals surface area contributed by atoms with Crippen LogP contribution in [0.4, 0.5) is 0 Å². The van der Waals surface area contributed by atoms with Crippen molar-refractivity contribution in [2.45, 2.75) is 20.0 Å². The molecular weight excluding hydrogens is 224 g/mol. The first-order chi connectivity index (χ1) is 8.61. The Morgan fingerprint density at radius 1 is 0.944 bits per heavy atom. The number of hydrogen-bond acceptors (Lipinski definition) is 2. The van der Waals surface area contributed by atoms with Gasteiger partial charge in [0.25, 0.3) is 0 Å². The Morgan fingerprint density at radius 2 is 1.50 bits per heavy atom. The van der Waals surface area contributed by atoms with Crippen molar-refractivity contribution in [3.8, 4) is 0 Å². The van der Waals surface area contributed by atoms with Crippen molar-refractivity contribution in [3.05, 3.63) is 70.8 Å². The van der Waals surface area contributed by atoms with Crippen LogP contribution in [0, 0.1) is 13.8 Å². The second-order valence-electron chi connectivity index (χ2n) is 4.44. The van der Waals surface area contributed by atoms with Gasteiger partial charge in [-0.1, -0.05) is 48.5 Å². The fourth-order valence-corrected chi connectivity index (χ4v) is 2.03. The Morgan fingerprint density at radius 3 is 2.11 bits per heavy atom. The van der Waals surface area contributed by atoms with E-state index < -0.39 is 6.10 Å². The molecule has 0 bridgehead atoms. The molecule has 2 aromatic rings. The van der Waals surface area contributed by atoms with Crippen molar-refractivity contribution in [2.24, 2.45) is 0 Å². The summed E-state index contributed by atoms with van der Waals surface area (Å²) >= 11 is 0. The summed E-state index contributed by atoms with van der Waals surface area (Å²) in [6.45, 7) is 3.77. The lowest BCUT2D eigenvalue weighted by Gasteiger charge is -2.13. The molecule has 0 radical (unpaired) electrons. The van der Waals surface area contributed by atoms with Crippen LogP contribution < -0.4 is 0 Å². The monoisotopic (exact) mass is 240 g/mol. The average Bonchev–Trinajstić information content (AvgIpc) is 2.38. The van der Waals surface area contributed by atoms with Crippen molar-refractivity contribution >= 4 is 5.78 Å². The molecule has 0 aliphatic carbocycles. The maximum atomic E-state index is 12.3. The van der Waals surface area contributed by atoms with Crippen LogP contribution in [0.15, 0.2) is 48.5 Å². The summed E-state index contributed by atoms with van der Waals surface area (Å²) in [4.78, 5) is 12.3. The number of hydrogen-bond donors (Lipinski definition) is 1. The molecule has 0 spiro atoms. The van der Waals surface area contributed by atoms with Gasteiger partial charge in [0.15, 0.2) is 5.78 Å². The van der Waals surface area contributed by atoms with Gasteiger partial charge in [-0.05, 0) is 30.5 Å². The van der Waals surface area contributed by atoms with E-state index in [-0.39, 0.29) is 5.78 Å². The number of carbonyl (C=O) groups is 1. The van der Waals surface area contributed by atoms with Gasteiger partial charge in [0.05, 0.1) is 0 Å². The summed E-state index contributed by atoms with van der Waals surface area (Å²) in [5, 5.41) is 10.2. The van der Waals surface area contributed by atoms with Crippen LogP contribution in [0.3, 0.4) is 0 Å². The standard InChI is InChI=1S/C16H16O2/c1-11-7-3-5-9-13(11)15(17)16(18)14-10-6-4-8-12(14)2/h3-10,15,17H,1-2H3. The highest BCUT2D eigenvalue weighted by Gasteiger charge is 2.21. The molecule has 92 valence electrons. The van der Waals surface area contributed by atoms with E-state index in [4.69, 9.17) is 0 Å². The Bertz CT molecular complexity index is 573. The molecule has 2 heteroatoms. The number of aliphatic hydroxyl groups is 1. The minimum absolute atomic E-state index is 0.248. The van der Waals surface area contributed by atoms with E-state index in [1.54, 1.807) is 12.1 Å². The van der Waals surface area contributed by atoms with E-state index in [0.29, 0.717) is 11.1 Å². The SMILES string of the molecule is Cc1ccccc1C(=O)C(O)c1ccccc1C. The van der Waals surface area contributed by atoms with E-state index in [0.717, 1.165) is 11.1 Å². The van der Waals surface area contributed by atoms with Crippen molar-refractivity contribution in [1.29, 1.82) is 0 Å². The number of carbonyl (C=O) groups excluding carboxylic acids is 1. The van der Waals surface area contributed by atoms with Crippen LogP contribution in [0.5, 0.6) is 0 Å². The molecule has 0 aromatic heterocycles. The molecule has 1 N–H and O–H groups in total. The largest absolute Gasteiger partial charge is 0.380 e. The molecule has 1 atom stereocenters. The first-order valence-corrected chi connectivity index (χ1v) is 5.94. The Labute approximate surface area is 107 Å². The van der Waals surface area contributed by atoms with Gasteiger partial charge in [0.2, 0.25) is 0 Å². The number of ketones is 1. The fraction of sp³-hybridized carbons (Fsp3) is 0.188. The average molecular weight is 240 g/mol. The second-order valence-corrected chi connectivity index (χ2v) is 4.44. The van der Waals surface area contributed by atoms with E-state index in [1.165, 1.54) is 0 Å². The van der Waals surface area contributed by atoms with Gasteiger partial charge >= 0.3 is 0 Å². The minimum Gasteiger partial charge on any atom is -0.380 e. The Kier molecular flexibility index (Phi) is 3.58. The maximum Gasteiger partial charge on any atom is 0.196 e. The van der Waals surface area contributed by atoms with Gasteiger partial charge in [-0.3, -0.25) is 4.79 Å². The highest BCUT2D eigenvalue weighted by atomic mass is 16.3. The van der Waals surface area contributed by atoms with Crippen molar-refractivity contribution in [2.75, 3.05) is 0 Å². The van der Waals surface area contributed by atoms with Crippen LogP contribution in [0.1, 0.15) is 33.2 Å². The molecule has 0 saturated heterocycles. The third-order valence-electron chi connectivity index (χ3n) is 3.14. The molecule has 18 heavy (non-hydrogen) atoms. The molecule has 0 amide bonds. The Hall–Kier alpha value is -1.93. The third-order valence-corrected chi connectivity index (χ3v) is 3.14. The normalized spacial score (nSPS) is 12.2. The molecule has 0 aliphatic heterocycles. The first-order valence-electron chi connectivity index (χ1n) is 5.94. The second kappa shape index (κ2) is 5.15. The van der Waals surface area contributed by atoms with Crippen LogP contribution >= 0.6 is 0 Å². The van der Waals surface area contributed by atoms with Crippen LogP contribution in [-0.4, -0.2) is 10.9 Å². The number of benzene rings is 2. The number of rotatable bonds is 3. The Balaban J connectivity index is 2.36. The summed E-state index contributed by atoms with van der Waals surface area (Å²) in [7, 11) is 0. The van der Waals surface area contributed by atoms with E-state index in [9.17, 15) is 9.90 Å². The summed E-state index contributed by atoms with van der Waals surface area (Å²) in [6.07, 6.45) is -1.09. The van der Waals surface area contributed by atoms with Crippen LogP contribution in [-0.2, 0) is 0 Å². The predicted molar refractivity (Wildman–Crippen MR) is 71.6 cm³/mol. The van der Waals surface area contributed by atoms with Crippen LogP contribution in [0.2, 0.25) is 0 Å². The predicted octanol–water partition coefficient (Wildman–Crippen LogP) is 3.22. The van der Waals surface area contributed by atoms with E-state index >= 15 is 0 Å². The highest BCUT2D eigenvalue weighted by molar-refractivity contribution is 6.01. The lowest BCUT2D eigenvalue weighted by atomic mass is 9.94. The third kappa shape index (κ3) is 2.34. The van der Waals surface area contributed by atoms with Gasteiger partial charge in [0.1, 0.15) is 6.10 Å². The van der Waals surface area contributed by atoms with E-state index in [1.807, 2.05) is 50.2 Å².